The molecular weight excluding hydrogens is 600 g/mol. The fourth-order valence-corrected chi connectivity index (χ4v) is 12.0. The minimum atomic E-state index is -3.50. The number of hydrogen-bond acceptors (Lipinski definition) is 3. The number of rotatable bonds is 8. The van der Waals surface area contributed by atoms with Crippen molar-refractivity contribution in [3.63, 3.8) is 0 Å². The molecule has 0 atom stereocenters. The van der Waals surface area contributed by atoms with Gasteiger partial charge in [0.05, 0.1) is 0 Å². The van der Waals surface area contributed by atoms with E-state index in [2.05, 4.69) is 6.07 Å². The average molecular weight is 632 g/mol. The van der Waals surface area contributed by atoms with E-state index >= 15 is 9.13 Å². The van der Waals surface area contributed by atoms with Gasteiger partial charge in [0.25, 0.3) is 0 Å². The lowest BCUT2D eigenvalue weighted by Crippen LogP contribution is -2.33. The summed E-state index contributed by atoms with van der Waals surface area (Å²) in [6.07, 6.45) is 3.64. The van der Waals surface area contributed by atoms with Crippen LogP contribution in [-0.2, 0) is 9.13 Å². The summed E-state index contributed by atoms with van der Waals surface area (Å²) >= 11 is 0. The van der Waals surface area contributed by atoms with Crippen molar-refractivity contribution >= 4 is 46.1 Å². The molecule has 46 heavy (non-hydrogen) atoms. The molecule has 3 nitrogen and oxygen atoms in total. The van der Waals surface area contributed by atoms with E-state index in [-0.39, 0.29) is 0 Å². The van der Waals surface area contributed by atoms with Crippen molar-refractivity contribution in [2.75, 3.05) is 0 Å². The molecule has 0 aliphatic heterocycles. The summed E-state index contributed by atoms with van der Waals surface area (Å²) in [6, 6.07) is 56.5. The largest absolute Gasteiger partial charge is 0.309 e. The predicted molar refractivity (Wildman–Crippen MR) is 194 cm³/mol. The van der Waals surface area contributed by atoms with Gasteiger partial charge in [0.2, 0.25) is 0 Å². The first-order chi connectivity index (χ1) is 22.6. The molecule has 0 saturated heterocycles. The standard InChI is InChI=1S/C41H31NO2P2/c43-45(35-19-8-2-9-20-35,36-21-10-3-11-22-36)39-27-16-28-40(41(39)34-29-33(30-42-31-34)32-17-6-1-7-18-32)46(44,37-23-12-4-13-24-37)38-25-14-5-15-26-38/h1-31H. The van der Waals surface area contributed by atoms with Gasteiger partial charge in [0, 0.05) is 60.9 Å². The second kappa shape index (κ2) is 12.7. The zero-order valence-electron chi connectivity index (χ0n) is 25.1. The van der Waals surface area contributed by atoms with Crippen LogP contribution in [0.3, 0.4) is 0 Å². The number of pyridine rings is 1. The van der Waals surface area contributed by atoms with Crippen molar-refractivity contribution in [3.05, 3.63) is 188 Å². The van der Waals surface area contributed by atoms with E-state index in [1.165, 1.54) is 0 Å². The zero-order chi connectivity index (χ0) is 31.4. The summed E-state index contributed by atoms with van der Waals surface area (Å²) in [5, 5.41) is 4.09. The normalized spacial score (nSPS) is 11.7. The average Bonchev–Trinajstić information content (AvgIpc) is 3.15. The third-order valence-corrected chi connectivity index (χ3v) is 14.5. The summed E-state index contributed by atoms with van der Waals surface area (Å²) in [4.78, 5) is 4.70. The molecule has 1 heterocycles. The molecule has 222 valence electrons. The fraction of sp³-hybridized carbons (Fsp3) is 0. The minimum Gasteiger partial charge on any atom is -0.309 e. The van der Waals surface area contributed by atoms with E-state index in [0.29, 0.717) is 37.4 Å². The summed E-state index contributed by atoms with van der Waals surface area (Å²) < 4.78 is 32.0. The maximum Gasteiger partial charge on any atom is 0.171 e. The monoisotopic (exact) mass is 631 g/mol. The Kier molecular flexibility index (Phi) is 8.20. The molecule has 0 bridgehead atoms. The number of hydrogen-bond donors (Lipinski definition) is 0. The van der Waals surface area contributed by atoms with Gasteiger partial charge in [-0.1, -0.05) is 170 Å². The Labute approximate surface area is 270 Å². The minimum absolute atomic E-state index is 0.626. The quantitative estimate of drug-likeness (QED) is 0.162. The van der Waals surface area contributed by atoms with Crippen LogP contribution < -0.4 is 31.8 Å². The molecule has 1 aromatic heterocycles. The van der Waals surface area contributed by atoms with Crippen molar-refractivity contribution in [2.45, 2.75) is 0 Å². The van der Waals surface area contributed by atoms with Gasteiger partial charge in [-0.2, -0.15) is 0 Å². The molecular formula is C41H31NO2P2. The van der Waals surface area contributed by atoms with E-state index in [1.54, 1.807) is 6.20 Å². The van der Waals surface area contributed by atoms with E-state index in [0.717, 1.165) is 16.7 Å². The Morgan fingerprint density at radius 3 is 1.09 bits per heavy atom. The Morgan fingerprint density at radius 2 is 0.696 bits per heavy atom. The molecule has 0 aliphatic carbocycles. The first kappa shape index (κ1) is 29.6. The topological polar surface area (TPSA) is 47.0 Å². The van der Waals surface area contributed by atoms with Crippen molar-refractivity contribution in [3.8, 4) is 22.3 Å². The SMILES string of the molecule is O=P(c1ccccc1)(c1ccccc1)c1cccc(P(=O)(c2ccccc2)c2ccccc2)c1-c1cncc(-c2ccccc2)c1. The lowest BCUT2D eigenvalue weighted by Gasteiger charge is -2.28. The predicted octanol–water partition coefficient (Wildman–Crippen LogP) is 7.69. The highest BCUT2D eigenvalue weighted by Gasteiger charge is 2.38. The molecule has 0 saturated carbocycles. The molecule has 7 rings (SSSR count). The van der Waals surface area contributed by atoms with Crippen LogP contribution in [0.4, 0.5) is 0 Å². The molecule has 0 N–H and O–H groups in total. The molecule has 0 amide bonds. The van der Waals surface area contributed by atoms with Crippen molar-refractivity contribution in [1.29, 1.82) is 0 Å². The zero-order valence-corrected chi connectivity index (χ0v) is 26.8. The highest BCUT2D eigenvalue weighted by molar-refractivity contribution is 7.87. The van der Waals surface area contributed by atoms with Gasteiger partial charge in [0.1, 0.15) is 0 Å². The summed E-state index contributed by atoms with van der Waals surface area (Å²) in [6.45, 7) is 0. The first-order valence-corrected chi connectivity index (χ1v) is 18.6. The number of aromatic nitrogens is 1. The van der Waals surface area contributed by atoms with Gasteiger partial charge in [-0.05, 0) is 11.6 Å². The van der Waals surface area contributed by atoms with Gasteiger partial charge in [-0.15, -0.1) is 0 Å². The van der Waals surface area contributed by atoms with Crippen LogP contribution in [0.2, 0.25) is 0 Å². The van der Waals surface area contributed by atoms with Crippen LogP contribution in [0, 0.1) is 0 Å². The number of nitrogens with zero attached hydrogens (tertiary/aromatic N) is 1. The Hall–Kier alpha value is -5.07. The van der Waals surface area contributed by atoms with Gasteiger partial charge < -0.3 is 9.13 Å². The van der Waals surface area contributed by atoms with Crippen LogP contribution in [0.5, 0.6) is 0 Å². The third kappa shape index (κ3) is 5.29. The molecule has 7 aromatic rings. The molecule has 0 aliphatic rings. The highest BCUT2D eigenvalue weighted by Crippen LogP contribution is 2.50. The maximum atomic E-state index is 16.0. The first-order valence-electron chi connectivity index (χ1n) is 15.2. The lowest BCUT2D eigenvalue weighted by molar-refractivity contribution is 0.592. The van der Waals surface area contributed by atoms with Crippen LogP contribution >= 0.6 is 14.3 Å². The van der Waals surface area contributed by atoms with E-state index in [4.69, 9.17) is 4.98 Å². The van der Waals surface area contributed by atoms with E-state index in [9.17, 15) is 0 Å². The maximum absolute atomic E-state index is 16.0. The van der Waals surface area contributed by atoms with Gasteiger partial charge >= 0.3 is 0 Å². The second-order valence-corrected chi connectivity index (χ2v) is 16.5. The summed E-state index contributed by atoms with van der Waals surface area (Å²) in [5.41, 5.74) is 3.37. The number of benzene rings is 6. The van der Waals surface area contributed by atoms with Crippen molar-refractivity contribution < 1.29 is 9.13 Å². The molecule has 0 fully saturated rings. The summed E-state index contributed by atoms with van der Waals surface area (Å²) in [5.74, 6) is 0. The van der Waals surface area contributed by atoms with Crippen LogP contribution in [-0.4, -0.2) is 4.98 Å². The van der Waals surface area contributed by atoms with E-state index < -0.39 is 14.3 Å². The lowest BCUT2D eigenvalue weighted by atomic mass is 10.0. The van der Waals surface area contributed by atoms with Crippen molar-refractivity contribution in [2.24, 2.45) is 0 Å². The van der Waals surface area contributed by atoms with E-state index in [1.807, 2.05) is 176 Å². The van der Waals surface area contributed by atoms with Crippen LogP contribution in [0.1, 0.15) is 0 Å². The molecule has 0 spiro atoms. The van der Waals surface area contributed by atoms with Gasteiger partial charge in [-0.25, -0.2) is 0 Å². The fourth-order valence-electron chi connectivity index (χ4n) is 6.12. The molecule has 5 heteroatoms. The summed E-state index contributed by atoms with van der Waals surface area (Å²) in [7, 11) is -6.99. The highest BCUT2D eigenvalue weighted by atomic mass is 31.2. The van der Waals surface area contributed by atoms with Crippen LogP contribution in [0.25, 0.3) is 22.3 Å². The van der Waals surface area contributed by atoms with Gasteiger partial charge in [-0.3, -0.25) is 4.98 Å². The third-order valence-electron chi connectivity index (χ3n) is 8.31. The van der Waals surface area contributed by atoms with Gasteiger partial charge in [0.15, 0.2) is 14.3 Å². The second-order valence-electron chi connectivity index (χ2n) is 11.1. The molecule has 6 aromatic carbocycles. The molecule has 0 unspecified atom stereocenters. The Balaban J connectivity index is 1.62. The van der Waals surface area contributed by atoms with Crippen molar-refractivity contribution in [1.82, 2.24) is 4.98 Å². The Morgan fingerprint density at radius 1 is 0.348 bits per heavy atom. The van der Waals surface area contributed by atoms with Crippen LogP contribution in [0.15, 0.2) is 188 Å². The smallest absolute Gasteiger partial charge is 0.171 e. The Bertz CT molecular complexity index is 1990. The molecule has 0 radical (unpaired) electrons.